The van der Waals surface area contributed by atoms with Gasteiger partial charge in [0, 0.05) is 6.54 Å². The zero-order valence-corrected chi connectivity index (χ0v) is 25.5. The Morgan fingerprint density at radius 1 is 0.975 bits per heavy atom. The van der Waals surface area contributed by atoms with Crippen LogP contribution in [0.15, 0.2) is 51.8 Å². The summed E-state index contributed by atoms with van der Waals surface area (Å²) in [5.41, 5.74) is 0.721. The molecule has 4 rings (SSSR count). The monoisotopic (exact) mass is 567 g/mol. The van der Waals surface area contributed by atoms with Gasteiger partial charge in [-0.3, -0.25) is 0 Å². The van der Waals surface area contributed by atoms with E-state index in [-0.39, 0.29) is 5.96 Å². The number of hydrogen-bond donors (Lipinski definition) is 0. The molecule has 1 aromatic carbocycles. The normalized spacial score (nSPS) is 19.4. The van der Waals surface area contributed by atoms with E-state index in [0.717, 1.165) is 54.7 Å². The first-order chi connectivity index (χ1) is 18.8. The highest BCUT2D eigenvalue weighted by molar-refractivity contribution is 7.08. The van der Waals surface area contributed by atoms with Crippen molar-refractivity contribution in [1.29, 1.82) is 0 Å². The Balaban J connectivity index is 1.93. The van der Waals surface area contributed by atoms with Crippen molar-refractivity contribution in [3.8, 4) is 5.75 Å². The Bertz CT molecular complexity index is 1250. The van der Waals surface area contributed by atoms with Crippen molar-refractivity contribution in [2.24, 2.45) is 4.99 Å². The maximum absolute atomic E-state index is 14.0. The third-order valence-corrected chi connectivity index (χ3v) is 7.57. The minimum atomic E-state index is -0.751. The van der Waals surface area contributed by atoms with Gasteiger partial charge in [0.15, 0.2) is 0 Å². The van der Waals surface area contributed by atoms with Crippen LogP contribution in [-0.2, 0) is 16.0 Å². The van der Waals surface area contributed by atoms with Gasteiger partial charge in [-0.25, -0.2) is 14.5 Å². The number of guanidine groups is 1. The predicted octanol–water partition coefficient (Wildman–Crippen LogP) is 7.84. The number of thiophene rings is 1. The van der Waals surface area contributed by atoms with E-state index in [4.69, 9.17) is 14.2 Å². The number of carbonyl (C=O) groups excluding carboxylic acids is 2. The lowest BCUT2D eigenvalue weighted by Gasteiger charge is -2.42. The van der Waals surface area contributed by atoms with Crippen LogP contribution in [0, 0.1) is 0 Å². The highest BCUT2D eigenvalue weighted by atomic mass is 32.1. The smallest absolute Gasteiger partial charge is 0.437 e. The van der Waals surface area contributed by atoms with Crippen molar-refractivity contribution in [3.63, 3.8) is 0 Å². The van der Waals surface area contributed by atoms with Gasteiger partial charge in [0.2, 0.25) is 5.96 Å². The molecule has 1 spiro atoms. The van der Waals surface area contributed by atoms with E-state index in [1.165, 1.54) is 4.90 Å². The number of aliphatic imine (C=N–C) groups is 1. The number of amides is 2. The minimum Gasteiger partial charge on any atom is -0.497 e. The number of rotatable bonds is 4. The van der Waals surface area contributed by atoms with Gasteiger partial charge in [-0.15, -0.1) is 4.99 Å². The predicted molar refractivity (Wildman–Crippen MR) is 158 cm³/mol. The van der Waals surface area contributed by atoms with E-state index in [2.05, 4.69) is 9.89 Å². The summed E-state index contributed by atoms with van der Waals surface area (Å²) in [6, 6.07) is 9.85. The lowest BCUT2D eigenvalue weighted by atomic mass is 9.78. The lowest BCUT2D eigenvalue weighted by molar-refractivity contribution is 0.0408. The molecule has 0 atom stereocenters. The maximum Gasteiger partial charge on any atom is 0.437 e. The average molecular weight is 568 g/mol. The number of benzene rings is 1. The first kappa shape index (κ1) is 29.6. The highest BCUT2D eigenvalue weighted by Gasteiger charge is 2.55. The van der Waals surface area contributed by atoms with Crippen molar-refractivity contribution < 1.29 is 23.8 Å². The topological polar surface area (TPSA) is 80.7 Å². The Kier molecular flexibility index (Phi) is 8.63. The molecule has 1 aromatic heterocycles. The molecule has 2 fully saturated rings. The molecule has 2 aliphatic rings. The molecule has 8 nitrogen and oxygen atoms in total. The molecule has 9 heteroatoms. The van der Waals surface area contributed by atoms with E-state index in [1.807, 2.05) is 67.9 Å². The van der Waals surface area contributed by atoms with Crippen LogP contribution in [0.2, 0.25) is 0 Å². The molecule has 0 bridgehead atoms. The Hall–Kier alpha value is -3.33. The molecule has 0 radical (unpaired) electrons. The Labute approximate surface area is 241 Å². The number of hydrogen-bond acceptors (Lipinski definition) is 6. The van der Waals surface area contributed by atoms with E-state index in [0.29, 0.717) is 6.54 Å². The summed E-state index contributed by atoms with van der Waals surface area (Å²) < 4.78 is 16.9. The Morgan fingerprint density at radius 2 is 1.62 bits per heavy atom. The molecule has 0 unspecified atom stereocenters. The van der Waals surface area contributed by atoms with Gasteiger partial charge < -0.3 is 19.1 Å². The van der Waals surface area contributed by atoms with Crippen molar-refractivity contribution in [2.45, 2.75) is 96.9 Å². The summed E-state index contributed by atoms with van der Waals surface area (Å²) in [5.74, 6) is 0.983. The van der Waals surface area contributed by atoms with Crippen molar-refractivity contribution in [1.82, 2.24) is 9.80 Å². The van der Waals surface area contributed by atoms with Crippen LogP contribution in [-0.4, -0.2) is 51.8 Å². The summed E-state index contributed by atoms with van der Waals surface area (Å²) in [4.78, 5) is 35.3. The quantitative estimate of drug-likeness (QED) is 0.374. The third kappa shape index (κ3) is 6.86. The van der Waals surface area contributed by atoms with Crippen LogP contribution in [0.1, 0.15) is 84.8 Å². The molecule has 1 aliphatic heterocycles. The molecule has 40 heavy (non-hydrogen) atoms. The second-order valence-corrected chi connectivity index (χ2v) is 13.1. The summed E-state index contributed by atoms with van der Waals surface area (Å²) in [6.45, 7) is 11.3. The minimum absolute atomic E-state index is 0.225. The van der Waals surface area contributed by atoms with Crippen LogP contribution in [0.25, 0.3) is 6.08 Å². The average Bonchev–Trinajstić information content (AvgIpc) is 3.45. The molecule has 1 aliphatic carbocycles. The second kappa shape index (κ2) is 11.6. The van der Waals surface area contributed by atoms with Gasteiger partial charge in [0.05, 0.1) is 18.3 Å². The number of methoxy groups -OCH3 is 1. The summed E-state index contributed by atoms with van der Waals surface area (Å²) in [7, 11) is 1.64. The van der Waals surface area contributed by atoms with Gasteiger partial charge >= 0.3 is 12.2 Å². The van der Waals surface area contributed by atoms with E-state index in [1.54, 1.807) is 39.2 Å². The van der Waals surface area contributed by atoms with Gasteiger partial charge in [0.25, 0.3) is 0 Å². The largest absolute Gasteiger partial charge is 0.497 e. The first-order valence-corrected chi connectivity index (χ1v) is 14.8. The maximum atomic E-state index is 14.0. The molecule has 216 valence electrons. The lowest BCUT2D eigenvalue weighted by Crippen LogP contribution is -2.48. The zero-order chi connectivity index (χ0) is 29.1. The van der Waals surface area contributed by atoms with E-state index in [9.17, 15) is 9.59 Å². The highest BCUT2D eigenvalue weighted by Crippen LogP contribution is 2.48. The molecule has 1 saturated carbocycles. The standard InChI is InChI=1S/C31H41N3O5S/c1-29(2,3)38-27(35)32-26-33(20-22-11-13-24(37-7)14-12-22)31(16-9-8-10-17-31)25(19-23-15-18-40-21-23)34(26)28(36)39-30(4,5)6/h11-15,18-19,21H,8-10,16-17,20H2,1-7H3/b25-19-,32-26-. The molecule has 2 heterocycles. The molecular weight excluding hydrogens is 526 g/mol. The van der Waals surface area contributed by atoms with Gasteiger partial charge in [-0.1, -0.05) is 31.4 Å². The summed E-state index contributed by atoms with van der Waals surface area (Å²) >= 11 is 1.59. The Morgan fingerprint density at radius 3 is 2.17 bits per heavy atom. The zero-order valence-electron chi connectivity index (χ0n) is 24.7. The van der Waals surface area contributed by atoms with Crippen LogP contribution in [0.5, 0.6) is 5.75 Å². The number of ether oxygens (including phenoxy) is 3. The molecule has 0 N–H and O–H groups in total. The van der Waals surface area contributed by atoms with Crippen LogP contribution in [0.3, 0.4) is 0 Å². The molecule has 1 saturated heterocycles. The first-order valence-electron chi connectivity index (χ1n) is 13.8. The third-order valence-electron chi connectivity index (χ3n) is 6.86. The van der Waals surface area contributed by atoms with Gasteiger partial charge in [-0.05, 0) is 101 Å². The summed E-state index contributed by atoms with van der Waals surface area (Å²) in [6.07, 6.45) is 5.43. The van der Waals surface area contributed by atoms with Crippen molar-refractivity contribution in [3.05, 3.63) is 57.9 Å². The van der Waals surface area contributed by atoms with Crippen LogP contribution < -0.4 is 4.74 Å². The molecule has 2 amide bonds. The van der Waals surface area contributed by atoms with Crippen molar-refractivity contribution in [2.75, 3.05) is 7.11 Å². The number of carbonyl (C=O) groups is 2. The van der Waals surface area contributed by atoms with E-state index < -0.39 is 28.9 Å². The number of nitrogens with zero attached hydrogens (tertiary/aromatic N) is 3. The van der Waals surface area contributed by atoms with Crippen LogP contribution in [0.4, 0.5) is 9.59 Å². The second-order valence-electron chi connectivity index (χ2n) is 12.3. The van der Waals surface area contributed by atoms with E-state index >= 15 is 0 Å². The van der Waals surface area contributed by atoms with Crippen molar-refractivity contribution >= 4 is 35.6 Å². The fraction of sp³-hybridized carbons (Fsp3) is 0.516. The molecule has 2 aromatic rings. The molecular formula is C31H41N3O5S. The summed E-state index contributed by atoms with van der Waals surface area (Å²) in [5, 5.41) is 4.06. The fourth-order valence-corrected chi connectivity index (χ4v) is 5.86. The SMILES string of the molecule is COc1ccc(CN2/C(=N/C(=O)OC(C)(C)C)N(C(=O)OC(C)(C)C)/C(=C\c3ccsc3)C23CCCCC3)cc1. The van der Waals surface area contributed by atoms with Crippen LogP contribution >= 0.6 is 11.3 Å². The fourth-order valence-electron chi connectivity index (χ4n) is 5.24. The van der Waals surface area contributed by atoms with Gasteiger partial charge in [-0.2, -0.15) is 11.3 Å². The van der Waals surface area contributed by atoms with Gasteiger partial charge in [0.1, 0.15) is 17.0 Å².